The minimum absolute atomic E-state index is 0.0343. The van der Waals surface area contributed by atoms with Crippen LogP contribution < -0.4 is 5.32 Å². The Hall–Kier alpha value is -1.10. The number of rotatable bonds is 4. The zero-order chi connectivity index (χ0) is 10.6. The van der Waals surface area contributed by atoms with Crippen LogP contribution in [-0.2, 0) is 14.3 Å². The summed E-state index contributed by atoms with van der Waals surface area (Å²) in [5, 5.41) is 2.70. The van der Waals surface area contributed by atoms with E-state index in [2.05, 4.69) is 15.0 Å². The Morgan fingerprint density at radius 1 is 1.50 bits per heavy atom. The maximum Gasteiger partial charge on any atom is 0.307 e. The van der Waals surface area contributed by atoms with Gasteiger partial charge in [-0.1, -0.05) is 0 Å². The standard InChI is InChI=1S/C9H16N2O3/c1-11-5-7(6-11)9(13)10-4-3-8(12)14-2/h7H,3-6H2,1-2H3,(H,10,13). The van der Waals surface area contributed by atoms with Crippen LogP contribution in [0, 0.1) is 5.92 Å². The summed E-state index contributed by atoms with van der Waals surface area (Å²) in [4.78, 5) is 24.1. The third-order valence-electron chi connectivity index (χ3n) is 2.29. The smallest absolute Gasteiger partial charge is 0.307 e. The van der Waals surface area contributed by atoms with E-state index in [-0.39, 0.29) is 24.2 Å². The van der Waals surface area contributed by atoms with E-state index >= 15 is 0 Å². The second-order valence-corrected chi connectivity index (χ2v) is 3.54. The molecule has 1 aliphatic heterocycles. The molecule has 0 radical (unpaired) electrons. The van der Waals surface area contributed by atoms with Crippen molar-refractivity contribution in [3.63, 3.8) is 0 Å². The molecule has 5 nitrogen and oxygen atoms in total. The van der Waals surface area contributed by atoms with E-state index < -0.39 is 0 Å². The molecule has 0 saturated carbocycles. The predicted molar refractivity (Wildman–Crippen MR) is 50.6 cm³/mol. The zero-order valence-electron chi connectivity index (χ0n) is 8.58. The van der Waals surface area contributed by atoms with E-state index in [1.807, 2.05) is 7.05 Å². The first-order chi connectivity index (χ1) is 6.63. The zero-order valence-corrected chi connectivity index (χ0v) is 8.58. The van der Waals surface area contributed by atoms with Crippen molar-refractivity contribution in [1.29, 1.82) is 0 Å². The number of methoxy groups -OCH3 is 1. The molecule has 1 rings (SSSR count). The van der Waals surface area contributed by atoms with Crippen molar-refractivity contribution in [2.24, 2.45) is 5.92 Å². The summed E-state index contributed by atoms with van der Waals surface area (Å²) in [6.07, 6.45) is 0.241. The highest BCUT2D eigenvalue weighted by atomic mass is 16.5. The number of carbonyl (C=O) groups is 2. The molecule has 0 unspecified atom stereocenters. The molecule has 1 fully saturated rings. The molecule has 0 aromatic rings. The Morgan fingerprint density at radius 3 is 2.64 bits per heavy atom. The average Bonchev–Trinajstić information content (AvgIpc) is 2.12. The fourth-order valence-electron chi connectivity index (χ4n) is 1.40. The summed E-state index contributed by atoms with van der Waals surface area (Å²) < 4.78 is 4.45. The molecule has 1 aliphatic rings. The van der Waals surface area contributed by atoms with E-state index in [1.165, 1.54) is 7.11 Å². The summed E-state index contributed by atoms with van der Waals surface area (Å²) in [6, 6.07) is 0. The third kappa shape index (κ3) is 2.99. The number of amides is 1. The molecule has 1 N–H and O–H groups in total. The number of hydrogen-bond acceptors (Lipinski definition) is 4. The minimum atomic E-state index is -0.295. The molecule has 14 heavy (non-hydrogen) atoms. The Kier molecular flexibility index (Phi) is 3.88. The summed E-state index contributed by atoms with van der Waals surface area (Å²) in [5.41, 5.74) is 0. The van der Waals surface area contributed by atoms with Crippen molar-refractivity contribution in [2.75, 3.05) is 33.8 Å². The third-order valence-corrected chi connectivity index (χ3v) is 2.29. The SMILES string of the molecule is COC(=O)CCNC(=O)C1CN(C)C1. The van der Waals surface area contributed by atoms with Gasteiger partial charge in [-0.05, 0) is 7.05 Å². The number of nitrogens with zero attached hydrogens (tertiary/aromatic N) is 1. The number of nitrogens with one attached hydrogen (secondary N) is 1. The lowest BCUT2D eigenvalue weighted by Crippen LogP contribution is -2.51. The monoisotopic (exact) mass is 200 g/mol. The molecule has 5 heteroatoms. The molecule has 0 aromatic heterocycles. The summed E-state index contributed by atoms with van der Waals surface area (Å²) in [5.74, 6) is -0.166. The van der Waals surface area contributed by atoms with Gasteiger partial charge in [0.15, 0.2) is 0 Å². The molecule has 1 heterocycles. The minimum Gasteiger partial charge on any atom is -0.469 e. The quantitative estimate of drug-likeness (QED) is 0.605. The van der Waals surface area contributed by atoms with Crippen LogP contribution in [0.15, 0.2) is 0 Å². The Morgan fingerprint density at radius 2 is 2.14 bits per heavy atom. The molecule has 0 aliphatic carbocycles. The van der Waals surface area contributed by atoms with E-state index in [9.17, 15) is 9.59 Å². The lowest BCUT2D eigenvalue weighted by molar-refractivity contribution is -0.140. The highest BCUT2D eigenvalue weighted by molar-refractivity contribution is 5.80. The Balaban J connectivity index is 2.07. The maximum absolute atomic E-state index is 11.4. The van der Waals surface area contributed by atoms with E-state index in [1.54, 1.807) is 0 Å². The van der Waals surface area contributed by atoms with Gasteiger partial charge in [-0.3, -0.25) is 9.59 Å². The maximum atomic E-state index is 11.4. The van der Waals surface area contributed by atoms with Crippen LogP contribution in [0.1, 0.15) is 6.42 Å². The number of esters is 1. The van der Waals surface area contributed by atoms with E-state index in [4.69, 9.17) is 0 Å². The molecular weight excluding hydrogens is 184 g/mol. The molecule has 0 aromatic carbocycles. The van der Waals surface area contributed by atoms with Crippen LogP contribution in [0.3, 0.4) is 0 Å². The normalized spacial score (nSPS) is 17.3. The number of carbonyl (C=O) groups excluding carboxylic acids is 2. The van der Waals surface area contributed by atoms with Gasteiger partial charge in [0.1, 0.15) is 0 Å². The number of ether oxygens (including phenoxy) is 1. The molecular formula is C9H16N2O3. The van der Waals surface area contributed by atoms with Gasteiger partial charge in [0.25, 0.3) is 0 Å². The van der Waals surface area contributed by atoms with Gasteiger partial charge in [-0.15, -0.1) is 0 Å². The number of hydrogen-bond donors (Lipinski definition) is 1. The van der Waals surface area contributed by atoms with Crippen molar-refractivity contribution in [1.82, 2.24) is 10.2 Å². The first kappa shape index (κ1) is 11.0. The van der Waals surface area contributed by atoms with E-state index in [0.29, 0.717) is 6.54 Å². The van der Waals surface area contributed by atoms with E-state index in [0.717, 1.165) is 13.1 Å². The van der Waals surface area contributed by atoms with Crippen LogP contribution in [0.2, 0.25) is 0 Å². The topological polar surface area (TPSA) is 58.6 Å². The predicted octanol–water partition coefficient (Wildman–Crippen LogP) is -0.773. The second kappa shape index (κ2) is 4.95. The Bertz CT molecular complexity index is 224. The van der Waals surface area contributed by atoms with Crippen LogP contribution in [0.4, 0.5) is 0 Å². The molecule has 0 spiro atoms. The van der Waals surface area contributed by atoms with Gasteiger partial charge in [0, 0.05) is 19.6 Å². The number of likely N-dealkylation sites (tertiary alicyclic amines) is 1. The molecule has 1 saturated heterocycles. The second-order valence-electron chi connectivity index (χ2n) is 3.54. The fourth-order valence-corrected chi connectivity index (χ4v) is 1.40. The summed E-state index contributed by atoms with van der Waals surface area (Å²) in [6.45, 7) is 1.99. The highest BCUT2D eigenvalue weighted by Gasteiger charge is 2.29. The molecule has 0 bridgehead atoms. The van der Waals surface area contributed by atoms with Crippen LogP contribution in [0.5, 0.6) is 0 Å². The lowest BCUT2D eigenvalue weighted by Gasteiger charge is -2.34. The first-order valence-corrected chi connectivity index (χ1v) is 4.66. The molecule has 80 valence electrons. The van der Waals surface area contributed by atoms with Crippen LogP contribution >= 0.6 is 0 Å². The molecule has 0 atom stereocenters. The van der Waals surface area contributed by atoms with Crippen molar-refractivity contribution < 1.29 is 14.3 Å². The van der Waals surface area contributed by atoms with Crippen molar-refractivity contribution in [2.45, 2.75) is 6.42 Å². The molecule has 1 amide bonds. The van der Waals surface area contributed by atoms with Crippen molar-refractivity contribution in [3.05, 3.63) is 0 Å². The largest absolute Gasteiger partial charge is 0.469 e. The Labute approximate surface area is 83.4 Å². The van der Waals surface area contributed by atoms with Gasteiger partial charge in [-0.25, -0.2) is 0 Å². The average molecular weight is 200 g/mol. The highest BCUT2D eigenvalue weighted by Crippen LogP contribution is 2.11. The van der Waals surface area contributed by atoms with Gasteiger partial charge in [0.05, 0.1) is 19.4 Å². The summed E-state index contributed by atoms with van der Waals surface area (Å²) >= 11 is 0. The fraction of sp³-hybridized carbons (Fsp3) is 0.778. The lowest BCUT2D eigenvalue weighted by atomic mass is 10.0. The van der Waals surface area contributed by atoms with Gasteiger partial charge >= 0.3 is 5.97 Å². The van der Waals surface area contributed by atoms with Gasteiger partial charge < -0.3 is 15.0 Å². The van der Waals surface area contributed by atoms with Gasteiger partial charge in [-0.2, -0.15) is 0 Å². The first-order valence-electron chi connectivity index (χ1n) is 4.66. The summed E-state index contributed by atoms with van der Waals surface area (Å²) in [7, 11) is 3.31. The van der Waals surface area contributed by atoms with Crippen LogP contribution in [-0.4, -0.2) is 50.6 Å². The van der Waals surface area contributed by atoms with Gasteiger partial charge in [0.2, 0.25) is 5.91 Å². The van der Waals surface area contributed by atoms with Crippen LogP contribution in [0.25, 0.3) is 0 Å². The van der Waals surface area contributed by atoms with Crippen molar-refractivity contribution >= 4 is 11.9 Å². The van der Waals surface area contributed by atoms with Crippen molar-refractivity contribution in [3.8, 4) is 0 Å².